The number of hydrogen-bond donors (Lipinski definition) is 0. The van der Waals surface area contributed by atoms with Gasteiger partial charge in [-0.2, -0.15) is 4.73 Å². The second-order valence-corrected chi connectivity index (χ2v) is 1.30. The molecule has 0 aliphatic rings. The number of nitrogens with zero attached hydrogens (tertiary/aromatic N) is 1. The van der Waals surface area contributed by atoms with E-state index in [2.05, 4.69) is 6.20 Å². The van der Waals surface area contributed by atoms with Gasteiger partial charge in [0.1, 0.15) is 0 Å². The second-order valence-electron chi connectivity index (χ2n) is 1.30. The average molecular weight is 112 g/mol. The van der Waals surface area contributed by atoms with E-state index in [1.165, 1.54) is 6.07 Å². The first kappa shape index (κ1) is 5.03. The molecular formula is C5H3FNO. The molecule has 0 amide bonds. The van der Waals surface area contributed by atoms with E-state index in [0.29, 0.717) is 0 Å². The lowest BCUT2D eigenvalue weighted by molar-refractivity contribution is -0.611. The van der Waals surface area contributed by atoms with Gasteiger partial charge >= 0.3 is 0 Å². The lowest BCUT2D eigenvalue weighted by Crippen LogP contribution is -2.25. The summed E-state index contributed by atoms with van der Waals surface area (Å²) in [4.78, 5) is 0. The van der Waals surface area contributed by atoms with E-state index in [0.717, 1.165) is 12.3 Å². The molecule has 0 bridgehead atoms. The van der Waals surface area contributed by atoms with Crippen LogP contribution in [-0.2, 0) is 0 Å². The molecule has 1 rings (SSSR count). The molecule has 0 unspecified atom stereocenters. The van der Waals surface area contributed by atoms with Crippen molar-refractivity contribution >= 4 is 0 Å². The van der Waals surface area contributed by atoms with Gasteiger partial charge in [0, 0.05) is 6.07 Å². The minimum Gasteiger partial charge on any atom is -0.618 e. The highest BCUT2D eigenvalue weighted by molar-refractivity contribution is 4.87. The first-order valence-corrected chi connectivity index (χ1v) is 2.05. The molecule has 0 saturated carbocycles. The number of rotatable bonds is 0. The molecule has 0 aliphatic heterocycles. The third-order valence-electron chi connectivity index (χ3n) is 0.685. The topological polar surface area (TPSA) is 26.9 Å². The third kappa shape index (κ3) is 0.932. The summed E-state index contributed by atoms with van der Waals surface area (Å²) in [5, 5.41) is 10.1. The number of hydrogen-bond acceptors (Lipinski definition) is 1. The van der Waals surface area contributed by atoms with Crippen molar-refractivity contribution in [1.29, 1.82) is 0 Å². The summed E-state index contributed by atoms with van der Waals surface area (Å²) in [6, 6.07) is 2.39. The van der Waals surface area contributed by atoms with Gasteiger partial charge in [-0.05, 0) is 6.07 Å². The van der Waals surface area contributed by atoms with Crippen molar-refractivity contribution in [3.63, 3.8) is 0 Å². The van der Waals surface area contributed by atoms with Crippen molar-refractivity contribution in [3.8, 4) is 0 Å². The minimum absolute atomic E-state index is 0.287. The van der Waals surface area contributed by atoms with Crippen LogP contribution in [0, 0.1) is 17.2 Å². The summed E-state index contributed by atoms with van der Waals surface area (Å²) >= 11 is 0. The quantitative estimate of drug-likeness (QED) is 0.349. The van der Waals surface area contributed by atoms with E-state index in [-0.39, 0.29) is 4.73 Å². The monoisotopic (exact) mass is 112 g/mol. The first-order chi connectivity index (χ1) is 3.79. The molecule has 1 radical (unpaired) electrons. The molecule has 0 saturated heterocycles. The minimum atomic E-state index is -0.543. The second kappa shape index (κ2) is 1.78. The molecule has 0 fully saturated rings. The normalized spacial score (nSPS) is 9.12. The summed E-state index contributed by atoms with van der Waals surface area (Å²) in [6.45, 7) is 0. The van der Waals surface area contributed by atoms with Crippen LogP contribution in [-0.4, -0.2) is 0 Å². The van der Waals surface area contributed by atoms with Gasteiger partial charge < -0.3 is 5.21 Å². The number of pyridine rings is 1. The molecule has 1 aromatic heterocycles. The van der Waals surface area contributed by atoms with Gasteiger partial charge in [-0.25, -0.2) is 4.39 Å². The van der Waals surface area contributed by atoms with E-state index < -0.39 is 5.82 Å². The largest absolute Gasteiger partial charge is 0.618 e. The molecule has 1 aromatic rings. The number of halogens is 1. The fourth-order valence-corrected chi connectivity index (χ4v) is 0.383. The van der Waals surface area contributed by atoms with E-state index in [1.807, 2.05) is 0 Å². The predicted octanol–water partition coefficient (Wildman–Crippen LogP) is 0.259. The van der Waals surface area contributed by atoms with Crippen molar-refractivity contribution in [2.24, 2.45) is 0 Å². The zero-order chi connectivity index (χ0) is 5.98. The Balaban J connectivity index is 3.08. The van der Waals surface area contributed by atoms with Crippen LogP contribution in [0.25, 0.3) is 0 Å². The molecule has 41 valence electrons. The fraction of sp³-hybridized carbons (Fsp3) is 0. The molecule has 0 aliphatic carbocycles. The summed E-state index contributed by atoms with van der Waals surface area (Å²) in [6.07, 6.45) is 3.00. The van der Waals surface area contributed by atoms with E-state index >= 15 is 0 Å². The standard InChI is InChI=1S/C5H3FNO/c6-5-2-1-3-7(8)4-5/h1-2,4H. The van der Waals surface area contributed by atoms with Crippen molar-refractivity contribution in [2.75, 3.05) is 0 Å². The lowest BCUT2D eigenvalue weighted by atomic mass is 10.5. The first-order valence-electron chi connectivity index (χ1n) is 2.05. The molecule has 0 aromatic carbocycles. The van der Waals surface area contributed by atoms with E-state index in [9.17, 15) is 9.60 Å². The Morgan fingerprint density at radius 3 is 2.88 bits per heavy atom. The third-order valence-corrected chi connectivity index (χ3v) is 0.685. The van der Waals surface area contributed by atoms with Crippen LogP contribution in [0.15, 0.2) is 18.3 Å². The fourth-order valence-electron chi connectivity index (χ4n) is 0.383. The highest BCUT2D eigenvalue weighted by Crippen LogP contribution is 1.86. The Labute approximate surface area is 45.8 Å². The Morgan fingerprint density at radius 2 is 2.50 bits per heavy atom. The van der Waals surface area contributed by atoms with E-state index in [1.54, 1.807) is 0 Å². The Bertz CT molecular complexity index is 172. The maximum atomic E-state index is 11.9. The van der Waals surface area contributed by atoms with Crippen LogP contribution in [0.5, 0.6) is 0 Å². The van der Waals surface area contributed by atoms with Gasteiger partial charge in [0.2, 0.25) is 6.20 Å². The van der Waals surface area contributed by atoms with Gasteiger partial charge in [0.15, 0.2) is 5.82 Å². The smallest absolute Gasteiger partial charge is 0.290 e. The highest BCUT2D eigenvalue weighted by atomic mass is 19.1. The predicted molar refractivity (Wildman–Crippen MR) is 24.2 cm³/mol. The van der Waals surface area contributed by atoms with Crippen molar-refractivity contribution in [2.45, 2.75) is 0 Å². The molecule has 1 heterocycles. The maximum Gasteiger partial charge on any atom is 0.290 e. The average Bonchev–Trinajstić information content (AvgIpc) is 1.64. The molecule has 0 atom stereocenters. The molecule has 2 nitrogen and oxygen atoms in total. The van der Waals surface area contributed by atoms with Crippen LogP contribution in [0.3, 0.4) is 0 Å². The molecular weight excluding hydrogens is 109 g/mol. The van der Waals surface area contributed by atoms with Crippen molar-refractivity contribution in [3.05, 3.63) is 35.6 Å². The summed E-state index contributed by atoms with van der Waals surface area (Å²) < 4.78 is 12.2. The SMILES string of the molecule is [O-][n+]1[c]ccc(F)c1. The van der Waals surface area contributed by atoms with Gasteiger partial charge in [-0.15, -0.1) is 0 Å². The highest BCUT2D eigenvalue weighted by Gasteiger charge is 1.91. The van der Waals surface area contributed by atoms with Crippen molar-refractivity contribution in [1.82, 2.24) is 0 Å². The zero-order valence-corrected chi connectivity index (χ0v) is 3.97. The molecule has 3 heteroatoms. The lowest BCUT2D eigenvalue weighted by Gasteiger charge is -1.88. The Kier molecular flexibility index (Phi) is 1.12. The zero-order valence-electron chi connectivity index (χ0n) is 3.97. The molecule has 0 N–H and O–H groups in total. The van der Waals surface area contributed by atoms with Crippen LogP contribution >= 0.6 is 0 Å². The van der Waals surface area contributed by atoms with Crippen molar-refractivity contribution < 1.29 is 9.12 Å². The Morgan fingerprint density at radius 1 is 1.75 bits per heavy atom. The number of aromatic nitrogens is 1. The molecule has 0 spiro atoms. The summed E-state index contributed by atoms with van der Waals surface area (Å²) in [5.74, 6) is -0.543. The van der Waals surface area contributed by atoms with Crippen LogP contribution in [0.4, 0.5) is 4.39 Å². The summed E-state index contributed by atoms with van der Waals surface area (Å²) in [5.41, 5.74) is 0. The van der Waals surface area contributed by atoms with Crippen LogP contribution in [0.1, 0.15) is 0 Å². The van der Waals surface area contributed by atoms with E-state index in [4.69, 9.17) is 0 Å². The van der Waals surface area contributed by atoms with Gasteiger partial charge in [-0.1, -0.05) is 0 Å². The maximum absolute atomic E-state index is 11.9. The Hall–Kier alpha value is -1.12. The van der Waals surface area contributed by atoms with Gasteiger partial charge in [0.05, 0.1) is 0 Å². The van der Waals surface area contributed by atoms with Gasteiger partial charge in [-0.3, -0.25) is 0 Å². The van der Waals surface area contributed by atoms with Crippen LogP contribution in [0.2, 0.25) is 0 Å². The van der Waals surface area contributed by atoms with Gasteiger partial charge in [0.25, 0.3) is 6.20 Å². The van der Waals surface area contributed by atoms with Crippen LogP contribution < -0.4 is 4.73 Å². The molecule has 8 heavy (non-hydrogen) atoms. The summed E-state index contributed by atoms with van der Waals surface area (Å²) in [7, 11) is 0.